The Balaban J connectivity index is 2.54. The molecule has 0 spiro atoms. The van der Waals surface area contributed by atoms with E-state index in [2.05, 4.69) is 64.2 Å². The first-order valence-corrected chi connectivity index (χ1v) is 5.70. The third kappa shape index (κ3) is 4.48. The first-order valence-electron chi connectivity index (χ1n) is 5.70. The van der Waals surface area contributed by atoms with Crippen LogP contribution in [0.25, 0.3) is 0 Å². The van der Waals surface area contributed by atoms with Gasteiger partial charge in [0.25, 0.3) is 0 Å². The molecule has 84 valence electrons. The Labute approximate surface area is 93.9 Å². The molecule has 0 aliphatic rings. The zero-order valence-corrected chi connectivity index (χ0v) is 10.6. The summed E-state index contributed by atoms with van der Waals surface area (Å²) < 4.78 is 0. The lowest BCUT2D eigenvalue weighted by atomic mass is 9.98. The van der Waals surface area contributed by atoms with Crippen LogP contribution in [0, 0.1) is 6.92 Å². The van der Waals surface area contributed by atoms with Crippen LogP contribution < -0.4 is 5.32 Å². The summed E-state index contributed by atoms with van der Waals surface area (Å²) in [5.74, 6) is 0.574. The van der Waals surface area contributed by atoms with Crippen LogP contribution in [0.5, 0.6) is 0 Å². The largest absolute Gasteiger partial charge is 0.311 e. The molecule has 1 atom stereocenters. The van der Waals surface area contributed by atoms with E-state index in [1.54, 1.807) is 0 Å². The molecule has 0 aromatic heterocycles. The van der Waals surface area contributed by atoms with Gasteiger partial charge in [-0.25, -0.2) is 0 Å². The van der Waals surface area contributed by atoms with Crippen LogP contribution in [0.3, 0.4) is 0 Å². The second kappa shape index (κ2) is 4.80. The molecule has 1 heteroatoms. The maximum atomic E-state index is 3.53. The Morgan fingerprint density at radius 3 is 2.13 bits per heavy atom. The first kappa shape index (κ1) is 12.3. The van der Waals surface area contributed by atoms with E-state index in [9.17, 15) is 0 Å². The van der Waals surface area contributed by atoms with Crippen molar-refractivity contribution in [3.05, 3.63) is 35.4 Å². The van der Waals surface area contributed by atoms with Gasteiger partial charge < -0.3 is 5.32 Å². The van der Waals surface area contributed by atoms with E-state index < -0.39 is 0 Å². The van der Waals surface area contributed by atoms with Crippen molar-refractivity contribution in [2.45, 2.75) is 46.1 Å². The third-order valence-electron chi connectivity index (χ3n) is 2.58. The molecule has 0 amide bonds. The molecule has 0 aliphatic carbocycles. The molecule has 0 bridgehead atoms. The minimum absolute atomic E-state index is 0.207. The lowest BCUT2D eigenvalue weighted by Gasteiger charge is -2.23. The standard InChI is InChI=1S/C14H23N/c1-11-6-8-13(9-7-11)12(2)10-15-14(3,4)5/h6-9,12,15H,10H2,1-5H3. The van der Waals surface area contributed by atoms with Crippen molar-refractivity contribution in [3.8, 4) is 0 Å². The van der Waals surface area contributed by atoms with Gasteiger partial charge in [0.2, 0.25) is 0 Å². The maximum Gasteiger partial charge on any atom is 0.00967 e. The van der Waals surface area contributed by atoms with Gasteiger partial charge in [-0.05, 0) is 39.2 Å². The molecule has 1 aromatic carbocycles. The Morgan fingerprint density at radius 2 is 1.67 bits per heavy atom. The fraction of sp³-hybridized carbons (Fsp3) is 0.571. The van der Waals surface area contributed by atoms with Crippen LogP contribution in [0.2, 0.25) is 0 Å². The van der Waals surface area contributed by atoms with Crippen LogP contribution in [0.4, 0.5) is 0 Å². The highest BCUT2D eigenvalue weighted by Crippen LogP contribution is 2.15. The highest BCUT2D eigenvalue weighted by atomic mass is 14.9. The van der Waals surface area contributed by atoms with Gasteiger partial charge in [0.15, 0.2) is 0 Å². The molecule has 1 aromatic rings. The number of rotatable bonds is 3. The van der Waals surface area contributed by atoms with Gasteiger partial charge in [-0.1, -0.05) is 36.8 Å². The summed E-state index contributed by atoms with van der Waals surface area (Å²) in [5, 5.41) is 3.53. The summed E-state index contributed by atoms with van der Waals surface area (Å²) in [7, 11) is 0. The summed E-state index contributed by atoms with van der Waals surface area (Å²) >= 11 is 0. The van der Waals surface area contributed by atoms with Crippen molar-refractivity contribution in [1.29, 1.82) is 0 Å². The quantitative estimate of drug-likeness (QED) is 0.796. The SMILES string of the molecule is Cc1ccc(C(C)CNC(C)(C)C)cc1. The molecule has 15 heavy (non-hydrogen) atoms. The van der Waals surface area contributed by atoms with Crippen LogP contribution in [-0.2, 0) is 0 Å². The smallest absolute Gasteiger partial charge is 0.00967 e. The van der Waals surface area contributed by atoms with Crippen LogP contribution in [0.1, 0.15) is 44.7 Å². The summed E-state index contributed by atoms with van der Waals surface area (Å²) in [5.41, 5.74) is 2.95. The molecule has 0 radical (unpaired) electrons. The second-order valence-electron chi connectivity index (χ2n) is 5.44. The van der Waals surface area contributed by atoms with E-state index in [0.717, 1.165) is 6.54 Å². The van der Waals surface area contributed by atoms with Crippen molar-refractivity contribution in [3.63, 3.8) is 0 Å². The Bertz CT molecular complexity index is 292. The second-order valence-corrected chi connectivity index (χ2v) is 5.44. The molecular formula is C14H23N. The molecule has 1 rings (SSSR count). The minimum atomic E-state index is 0.207. The third-order valence-corrected chi connectivity index (χ3v) is 2.58. The fourth-order valence-corrected chi connectivity index (χ4v) is 1.47. The summed E-state index contributed by atoms with van der Waals surface area (Å²) in [6.07, 6.45) is 0. The Kier molecular flexibility index (Phi) is 3.92. The van der Waals surface area contributed by atoms with Crippen molar-refractivity contribution in [2.24, 2.45) is 0 Å². The number of hydrogen-bond acceptors (Lipinski definition) is 1. The molecule has 1 unspecified atom stereocenters. The number of nitrogens with one attached hydrogen (secondary N) is 1. The van der Waals surface area contributed by atoms with Crippen molar-refractivity contribution in [2.75, 3.05) is 6.54 Å². The highest BCUT2D eigenvalue weighted by molar-refractivity contribution is 5.24. The molecule has 0 heterocycles. The Hall–Kier alpha value is -0.820. The van der Waals surface area contributed by atoms with Gasteiger partial charge in [0, 0.05) is 12.1 Å². The molecule has 0 saturated heterocycles. The maximum absolute atomic E-state index is 3.53. The molecule has 0 fully saturated rings. The van der Waals surface area contributed by atoms with Crippen molar-refractivity contribution < 1.29 is 0 Å². The number of aryl methyl sites for hydroxylation is 1. The van der Waals surface area contributed by atoms with E-state index in [1.165, 1.54) is 11.1 Å². The average molecular weight is 205 g/mol. The van der Waals surface area contributed by atoms with Gasteiger partial charge in [0.1, 0.15) is 0 Å². The zero-order valence-electron chi connectivity index (χ0n) is 10.6. The monoisotopic (exact) mass is 205 g/mol. The van der Waals surface area contributed by atoms with Gasteiger partial charge in [0.05, 0.1) is 0 Å². The minimum Gasteiger partial charge on any atom is -0.311 e. The predicted octanol–water partition coefficient (Wildman–Crippen LogP) is 3.49. The molecule has 1 N–H and O–H groups in total. The van der Waals surface area contributed by atoms with E-state index in [4.69, 9.17) is 0 Å². The Morgan fingerprint density at radius 1 is 1.13 bits per heavy atom. The number of hydrogen-bond donors (Lipinski definition) is 1. The highest BCUT2D eigenvalue weighted by Gasteiger charge is 2.11. The van der Waals surface area contributed by atoms with Crippen molar-refractivity contribution >= 4 is 0 Å². The van der Waals surface area contributed by atoms with Gasteiger partial charge in [-0.2, -0.15) is 0 Å². The molecular weight excluding hydrogens is 182 g/mol. The lowest BCUT2D eigenvalue weighted by molar-refractivity contribution is 0.412. The first-order chi connectivity index (χ1) is 6.88. The molecule has 0 saturated carbocycles. The number of benzene rings is 1. The van der Waals surface area contributed by atoms with E-state index >= 15 is 0 Å². The van der Waals surface area contributed by atoms with E-state index in [-0.39, 0.29) is 5.54 Å². The van der Waals surface area contributed by atoms with E-state index in [0.29, 0.717) is 5.92 Å². The fourth-order valence-electron chi connectivity index (χ4n) is 1.47. The van der Waals surface area contributed by atoms with Crippen LogP contribution in [0.15, 0.2) is 24.3 Å². The predicted molar refractivity (Wildman–Crippen MR) is 67.3 cm³/mol. The van der Waals surface area contributed by atoms with Gasteiger partial charge >= 0.3 is 0 Å². The van der Waals surface area contributed by atoms with Crippen LogP contribution >= 0.6 is 0 Å². The van der Waals surface area contributed by atoms with E-state index in [1.807, 2.05) is 0 Å². The zero-order chi connectivity index (χ0) is 11.5. The lowest BCUT2D eigenvalue weighted by Crippen LogP contribution is -2.38. The summed E-state index contributed by atoms with van der Waals surface area (Å²) in [6, 6.07) is 8.82. The average Bonchev–Trinajstić information content (AvgIpc) is 2.14. The van der Waals surface area contributed by atoms with Crippen molar-refractivity contribution in [1.82, 2.24) is 5.32 Å². The van der Waals surface area contributed by atoms with Gasteiger partial charge in [-0.3, -0.25) is 0 Å². The normalized spacial score (nSPS) is 13.9. The molecule has 0 aliphatic heterocycles. The summed E-state index contributed by atoms with van der Waals surface area (Å²) in [6.45, 7) is 12.0. The van der Waals surface area contributed by atoms with Gasteiger partial charge in [-0.15, -0.1) is 0 Å². The topological polar surface area (TPSA) is 12.0 Å². The molecule has 1 nitrogen and oxygen atoms in total. The van der Waals surface area contributed by atoms with Crippen LogP contribution in [-0.4, -0.2) is 12.1 Å². The summed E-state index contributed by atoms with van der Waals surface area (Å²) in [4.78, 5) is 0.